The summed E-state index contributed by atoms with van der Waals surface area (Å²) in [6.07, 6.45) is 18.2. The van der Waals surface area contributed by atoms with Gasteiger partial charge in [0.1, 0.15) is 10.6 Å². The summed E-state index contributed by atoms with van der Waals surface area (Å²) in [4.78, 5) is 1.28. The van der Waals surface area contributed by atoms with Crippen molar-refractivity contribution < 1.29 is 18.1 Å². The Morgan fingerprint density at radius 1 is 0.821 bits per heavy atom. The van der Waals surface area contributed by atoms with Gasteiger partial charge in [0, 0.05) is 15.4 Å². The number of unbranched alkanes of at least 4 members (excludes halogenated alkanes) is 13. The van der Waals surface area contributed by atoms with E-state index < -0.39 is 10.1 Å². The highest BCUT2D eigenvalue weighted by Gasteiger charge is 2.34. The third kappa shape index (κ3) is 7.96. The average molecular weight is 429 g/mol. The van der Waals surface area contributed by atoms with Gasteiger partial charge in [0.15, 0.2) is 0 Å². The molecular weight excluding hydrogens is 392 g/mol. The maximum Gasteiger partial charge on any atom is 0.296 e. The lowest BCUT2D eigenvalue weighted by Gasteiger charge is -2.08. The highest BCUT2D eigenvalue weighted by atomic mass is 32.2. The highest BCUT2D eigenvalue weighted by Crippen LogP contribution is 2.55. The van der Waals surface area contributed by atoms with Crippen LogP contribution in [0.2, 0.25) is 0 Å². The van der Waals surface area contributed by atoms with Crippen LogP contribution in [0.15, 0.2) is 20.8 Å². The van der Waals surface area contributed by atoms with E-state index in [0.29, 0.717) is 16.9 Å². The maximum absolute atomic E-state index is 11.6. The van der Waals surface area contributed by atoms with Crippen molar-refractivity contribution in [2.24, 2.45) is 0 Å². The van der Waals surface area contributed by atoms with Gasteiger partial charge in [-0.2, -0.15) is 8.42 Å². The normalized spacial score (nSPS) is 12.9. The predicted molar refractivity (Wildman–Crippen MR) is 116 cm³/mol. The zero-order valence-electron chi connectivity index (χ0n) is 17.2. The van der Waals surface area contributed by atoms with Crippen LogP contribution in [0.25, 0.3) is 0 Å². The second-order valence-corrected chi connectivity index (χ2v) is 10.4. The Bertz CT molecular complexity index is 714. The van der Waals surface area contributed by atoms with Crippen molar-refractivity contribution in [3.05, 3.63) is 11.6 Å². The molecule has 1 heterocycles. The number of fused-ring (bicyclic) bond motifs is 1. The molecule has 0 aliphatic carbocycles. The zero-order valence-corrected chi connectivity index (χ0v) is 18.8. The van der Waals surface area contributed by atoms with Crippen molar-refractivity contribution in [3.63, 3.8) is 0 Å². The largest absolute Gasteiger partial charge is 0.508 e. The molecule has 0 saturated carbocycles. The number of aromatic hydroxyl groups is 1. The van der Waals surface area contributed by atoms with Crippen molar-refractivity contribution in [1.82, 2.24) is 0 Å². The lowest BCUT2D eigenvalue weighted by atomic mass is 10.0. The molecule has 0 unspecified atom stereocenters. The van der Waals surface area contributed by atoms with Gasteiger partial charge in [-0.25, -0.2) is 0 Å². The molecule has 0 radical (unpaired) electrons. The van der Waals surface area contributed by atoms with E-state index in [9.17, 15) is 18.1 Å². The summed E-state index contributed by atoms with van der Waals surface area (Å²) in [5, 5.41) is 10.1. The topological polar surface area (TPSA) is 74.6 Å². The Morgan fingerprint density at radius 3 is 1.75 bits per heavy atom. The van der Waals surface area contributed by atoms with E-state index in [4.69, 9.17) is 0 Å². The van der Waals surface area contributed by atoms with Crippen molar-refractivity contribution in [2.45, 2.75) is 118 Å². The standard InChI is InChI=1S/C22H36O4S2/c1-2-3-4-5-6-7-8-9-10-11-12-13-14-15-16-18-19(23)17-20-21(27-20)22(18)28(24,25)26/h17,23H,2-16H2,1H3,(H,24,25,26). The summed E-state index contributed by atoms with van der Waals surface area (Å²) in [6.45, 7) is 2.25. The maximum atomic E-state index is 11.6. The first kappa shape index (κ1) is 23.6. The first-order valence-corrected chi connectivity index (χ1v) is 13.2. The summed E-state index contributed by atoms with van der Waals surface area (Å²) >= 11 is 1.30. The Labute approximate surface area is 175 Å². The fourth-order valence-electron chi connectivity index (χ4n) is 3.81. The molecule has 6 heteroatoms. The van der Waals surface area contributed by atoms with Gasteiger partial charge in [0.25, 0.3) is 10.1 Å². The Kier molecular flexibility index (Phi) is 10.2. The van der Waals surface area contributed by atoms with E-state index in [1.54, 1.807) is 6.07 Å². The molecule has 1 aliphatic rings. The van der Waals surface area contributed by atoms with Gasteiger partial charge in [-0.3, -0.25) is 4.55 Å². The second kappa shape index (κ2) is 12.1. The minimum absolute atomic E-state index is 0.00827. The molecule has 1 aromatic rings. The van der Waals surface area contributed by atoms with Crippen LogP contribution in [0.5, 0.6) is 5.75 Å². The van der Waals surface area contributed by atoms with E-state index >= 15 is 0 Å². The summed E-state index contributed by atoms with van der Waals surface area (Å²) < 4.78 is 32.7. The average Bonchev–Trinajstić information content (AvgIpc) is 3.39. The minimum Gasteiger partial charge on any atom is -0.508 e. The number of rotatable bonds is 16. The van der Waals surface area contributed by atoms with Crippen LogP contribution < -0.4 is 0 Å². The molecule has 0 spiro atoms. The Morgan fingerprint density at radius 2 is 1.29 bits per heavy atom. The van der Waals surface area contributed by atoms with E-state index in [1.165, 1.54) is 82.4 Å². The molecule has 160 valence electrons. The third-order valence-electron chi connectivity index (χ3n) is 5.49. The van der Waals surface area contributed by atoms with Crippen molar-refractivity contribution in [1.29, 1.82) is 0 Å². The summed E-state index contributed by atoms with van der Waals surface area (Å²) in [7, 11) is -4.28. The first-order valence-electron chi connectivity index (χ1n) is 11.0. The molecule has 2 N–H and O–H groups in total. The molecule has 0 fully saturated rings. The molecule has 0 amide bonds. The molecule has 1 aromatic carbocycles. The predicted octanol–water partition coefficient (Wildman–Crippen LogP) is 7.13. The molecule has 2 rings (SSSR count). The lowest BCUT2D eigenvalue weighted by molar-refractivity contribution is 0.451. The van der Waals surface area contributed by atoms with Gasteiger partial charge in [-0.1, -0.05) is 102 Å². The number of benzene rings is 1. The molecule has 4 nitrogen and oxygen atoms in total. The molecule has 0 bridgehead atoms. The van der Waals surface area contributed by atoms with Crippen LogP contribution in [0.1, 0.15) is 102 Å². The first-order chi connectivity index (χ1) is 13.4. The molecule has 28 heavy (non-hydrogen) atoms. The van der Waals surface area contributed by atoms with Gasteiger partial charge in [0.2, 0.25) is 0 Å². The summed E-state index contributed by atoms with van der Waals surface area (Å²) in [6, 6.07) is 1.60. The van der Waals surface area contributed by atoms with Crippen LogP contribution in [0.3, 0.4) is 0 Å². The number of phenolic OH excluding ortho intramolecular Hbond substituents is 1. The van der Waals surface area contributed by atoms with Crippen molar-refractivity contribution in [3.8, 4) is 5.75 Å². The lowest BCUT2D eigenvalue weighted by Crippen LogP contribution is -2.03. The van der Waals surface area contributed by atoms with Crippen LogP contribution in [-0.2, 0) is 16.5 Å². The smallest absolute Gasteiger partial charge is 0.296 e. The van der Waals surface area contributed by atoms with E-state index in [-0.39, 0.29) is 10.6 Å². The zero-order chi connectivity index (χ0) is 20.4. The van der Waals surface area contributed by atoms with Crippen LogP contribution in [0.4, 0.5) is 0 Å². The Balaban J connectivity index is 1.53. The quantitative estimate of drug-likeness (QED) is 0.169. The molecule has 1 aliphatic heterocycles. The SMILES string of the molecule is CCCCCCCCCCCCCCCCc1c(O)cc2c(c1S(=O)(=O)O)S2. The number of hydrogen-bond donors (Lipinski definition) is 2. The van der Waals surface area contributed by atoms with Gasteiger partial charge < -0.3 is 5.11 Å². The van der Waals surface area contributed by atoms with Crippen LogP contribution >= 0.6 is 11.8 Å². The van der Waals surface area contributed by atoms with Crippen molar-refractivity contribution >= 4 is 21.9 Å². The van der Waals surface area contributed by atoms with Crippen LogP contribution in [-0.4, -0.2) is 18.1 Å². The third-order valence-corrected chi connectivity index (χ3v) is 7.55. The second-order valence-electron chi connectivity index (χ2n) is 7.95. The minimum atomic E-state index is -4.28. The molecule has 0 saturated heterocycles. The van der Waals surface area contributed by atoms with E-state index in [1.807, 2.05) is 0 Å². The summed E-state index contributed by atoms with van der Waals surface area (Å²) in [5.74, 6) is -0.00827. The number of hydrogen-bond acceptors (Lipinski definition) is 4. The molecule has 0 aromatic heterocycles. The Hall–Kier alpha value is -0.720. The monoisotopic (exact) mass is 428 g/mol. The molecule has 0 atom stereocenters. The van der Waals surface area contributed by atoms with Gasteiger partial charge in [0.05, 0.1) is 0 Å². The van der Waals surface area contributed by atoms with Gasteiger partial charge in [-0.15, -0.1) is 0 Å². The number of phenols is 1. The van der Waals surface area contributed by atoms with Crippen molar-refractivity contribution in [2.75, 3.05) is 0 Å². The summed E-state index contributed by atoms with van der Waals surface area (Å²) in [5.41, 5.74) is 0.380. The van der Waals surface area contributed by atoms with E-state index in [0.717, 1.165) is 24.2 Å². The fourth-order valence-corrected chi connectivity index (χ4v) is 5.90. The van der Waals surface area contributed by atoms with Gasteiger partial charge >= 0.3 is 0 Å². The van der Waals surface area contributed by atoms with Crippen LogP contribution in [0, 0.1) is 0 Å². The molecular formula is C22H36O4S2. The van der Waals surface area contributed by atoms with Gasteiger partial charge in [-0.05, 0) is 18.9 Å². The highest BCUT2D eigenvalue weighted by molar-refractivity contribution is 8.05. The fraction of sp³-hybridized carbons (Fsp3) is 0.727. The van der Waals surface area contributed by atoms with E-state index in [2.05, 4.69) is 6.92 Å².